The number of nitrogens with zero attached hydrogens (tertiary/aromatic N) is 1. The molecule has 0 aliphatic heterocycles. The topological polar surface area (TPSA) is 42.4 Å². The molecule has 3 N–H and O–H groups in total. The molecule has 0 unspecified atom stereocenters. The first-order valence-corrected chi connectivity index (χ1v) is 4.18. The van der Waals surface area contributed by atoms with Gasteiger partial charge in [-0.25, -0.2) is 5.73 Å². The second kappa shape index (κ2) is 4.36. The molecule has 13 heavy (non-hydrogen) atoms. The van der Waals surface area contributed by atoms with Crippen molar-refractivity contribution in [2.75, 3.05) is 12.0 Å². The van der Waals surface area contributed by atoms with Crippen molar-refractivity contribution in [2.24, 2.45) is 5.73 Å². The molecule has 0 saturated carbocycles. The van der Waals surface area contributed by atoms with Crippen LogP contribution < -0.4 is 11.1 Å². The number of aryl methyl sites for hydroxylation is 2. The summed E-state index contributed by atoms with van der Waals surface area (Å²) in [4.78, 5) is 3.77. The molecular formula is C10H14N3+. The maximum atomic E-state index is 5.01. The average Bonchev–Trinajstić information content (AvgIpc) is 2.10. The minimum atomic E-state index is 0.474. The van der Waals surface area contributed by atoms with Crippen molar-refractivity contribution in [2.45, 2.75) is 13.8 Å². The molecule has 3 heteroatoms. The van der Waals surface area contributed by atoms with E-state index in [1.807, 2.05) is 6.07 Å². The van der Waals surface area contributed by atoms with E-state index in [0.29, 0.717) is 6.67 Å². The zero-order valence-electron chi connectivity index (χ0n) is 7.96. The first-order chi connectivity index (χ1) is 6.25. The number of nitrogens with two attached hydrogens (primary N) is 1. The summed E-state index contributed by atoms with van der Waals surface area (Å²) in [6, 6.07) is 6.16. The van der Waals surface area contributed by atoms with Gasteiger partial charge in [-0.3, -0.25) is 0 Å². The average molecular weight is 176 g/mol. The van der Waals surface area contributed by atoms with E-state index in [9.17, 15) is 0 Å². The zero-order chi connectivity index (χ0) is 9.68. The Morgan fingerprint density at radius 2 is 2.00 bits per heavy atom. The Balaban J connectivity index is 2.79. The Morgan fingerprint density at radius 1 is 1.38 bits per heavy atom. The number of hydrogen-bond acceptors (Lipinski definition) is 2. The lowest BCUT2D eigenvalue weighted by molar-refractivity contribution is 1.26. The zero-order valence-corrected chi connectivity index (χ0v) is 7.96. The lowest BCUT2D eigenvalue weighted by Crippen LogP contribution is -2.01. The summed E-state index contributed by atoms with van der Waals surface area (Å²) in [5.41, 5.74) is 8.57. The highest BCUT2D eigenvalue weighted by molar-refractivity contribution is 5.56. The van der Waals surface area contributed by atoms with Crippen LogP contribution in [0, 0.1) is 20.0 Å². The molecule has 0 aromatic heterocycles. The highest BCUT2D eigenvalue weighted by Crippen LogP contribution is 2.18. The number of anilines is 1. The molecular weight excluding hydrogens is 162 g/mol. The fraction of sp³-hybridized carbons (Fsp3) is 0.300. The van der Waals surface area contributed by atoms with Gasteiger partial charge >= 0.3 is 6.19 Å². The van der Waals surface area contributed by atoms with Crippen molar-refractivity contribution in [3.05, 3.63) is 34.2 Å². The predicted octanol–water partition coefficient (Wildman–Crippen LogP) is 1.92. The molecule has 68 valence electrons. The third-order valence-electron chi connectivity index (χ3n) is 1.91. The van der Waals surface area contributed by atoms with Gasteiger partial charge in [0.2, 0.25) is 0 Å². The first kappa shape index (κ1) is 9.40. The molecule has 0 bridgehead atoms. The summed E-state index contributed by atoms with van der Waals surface area (Å²) < 4.78 is 0. The van der Waals surface area contributed by atoms with Gasteiger partial charge in [-0.1, -0.05) is 18.2 Å². The van der Waals surface area contributed by atoms with Gasteiger partial charge in [0.05, 0.1) is 0 Å². The molecule has 0 fully saturated rings. The van der Waals surface area contributed by atoms with E-state index in [2.05, 4.69) is 42.3 Å². The molecule has 0 radical (unpaired) electrons. The number of hydrogen-bond donors (Lipinski definition) is 2. The van der Waals surface area contributed by atoms with Crippen molar-refractivity contribution in [1.82, 2.24) is 0 Å². The lowest BCUT2D eigenvalue weighted by Gasteiger charge is -2.07. The van der Waals surface area contributed by atoms with Crippen LogP contribution in [0.5, 0.6) is 0 Å². The van der Waals surface area contributed by atoms with Crippen LogP contribution in [-0.2, 0) is 0 Å². The molecule has 0 amide bonds. The van der Waals surface area contributed by atoms with Crippen LogP contribution in [0.15, 0.2) is 18.2 Å². The Bertz CT molecular complexity index is 327. The number of nitrogens with one attached hydrogen (secondary N) is 1. The van der Waals surface area contributed by atoms with Crippen LogP contribution in [0.1, 0.15) is 11.1 Å². The van der Waals surface area contributed by atoms with Gasteiger partial charge in [-0.15, -0.1) is 0 Å². The Morgan fingerprint density at radius 3 is 2.54 bits per heavy atom. The third-order valence-corrected chi connectivity index (χ3v) is 1.91. The van der Waals surface area contributed by atoms with Crippen molar-refractivity contribution < 1.29 is 0 Å². The maximum absolute atomic E-state index is 5.01. The van der Waals surface area contributed by atoms with E-state index in [0.717, 1.165) is 5.69 Å². The summed E-state index contributed by atoms with van der Waals surface area (Å²) in [7, 11) is 0. The fourth-order valence-corrected chi connectivity index (χ4v) is 1.26. The van der Waals surface area contributed by atoms with Crippen LogP contribution in [0.4, 0.5) is 5.69 Å². The quantitative estimate of drug-likeness (QED) is 0.534. The molecule has 3 nitrogen and oxygen atoms in total. The SMILES string of the molecule is Cc1cccc(C)c1NC[N+]#CN. The number of rotatable bonds is 2. The summed E-state index contributed by atoms with van der Waals surface area (Å²) >= 11 is 0. The van der Waals surface area contributed by atoms with Crippen molar-refractivity contribution >= 4 is 5.69 Å². The smallest absolute Gasteiger partial charge is 0.335 e. The monoisotopic (exact) mass is 176 g/mol. The maximum Gasteiger partial charge on any atom is 0.368 e. The summed E-state index contributed by atoms with van der Waals surface area (Å²) in [5, 5.41) is 3.17. The first-order valence-electron chi connectivity index (χ1n) is 4.18. The highest BCUT2D eigenvalue weighted by Gasteiger charge is 2.00. The Labute approximate surface area is 78.4 Å². The minimum absolute atomic E-state index is 0.474. The van der Waals surface area contributed by atoms with Gasteiger partial charge in [0, 0.05) is 5.69 Å². The molecule has 0 spiro atoms. The normalized spacial score (nSPS) is 8.77. The standard InChI is InChI=1S/C10H13N3/c1-8-4-3-5-9(2)10(8)13-7-12-6-11/h3-5,11,13H,7H2,1-2H3/p+1. The van der Waals surface area contributed by atoms with Crippen LogP contribution in [0.2, 0.25) is 0 Å². The van der Waals surface area contributed by atoms with Crippen LogP contribution in [0.25, 0.3) is 4.85 Å². The van der Waals surface area contributed by atoms with Gasteiger partial charge in [0.1, 0.15) is 0 Å². The van der Waals surface area contributed by atoms with Gasteiger partial charge < -0.3 is 5.32 Å². The lowest BCUT2D eigenvalue weighted by atomic mass is 10.1. The molecule has 0 atom stereocenters. The molecule has 0 saturated heterocycles. The molecule has 0 heterocycles. The minimum Gasteiger partial charge on any atom is -0.335 e. The van der Waals surface area contributed by atoms with E-state index in [1.54, 1.807) is 0 Å². The Kier molecular flexibility index (Phi) is 3.15. The van der Waals surface area contributed by atoms with Crippen LogP contribution >= 0.6 is 0 Å². The van der Waals surface area contributed by atoms with Crippen LogP contribution in [-0.4, -0.2) is 6.67 Å². The molecule has 0 aliphatic rings. The molecule has 1 rings (SSSR count). The van der Waals surface area contributed by atoms with Crippen molar-refractivity contribution in [3.8, 4) is 6.19 Å². The number of benzene rings is 1. The molecule has 0 aliphatic carbocycles. The van der Waals surface area contributed by atoms with Crippen molar-refractivity contribution in [1.29, 1.82) is 0 Å². The van der Waals surface area contributed by atoms with Gasteiger partial charge in [0.25, 0.3) is 6.67 Å². The second-order valence-electron chi connectivity index (χ2n) is 2.89. The van der Waals surface area contributed by atoms with Crippen molar-refractivity contribution in [3.63, 3.8) is 0 Å². The van der Waals surface area contributed by atoms with E-state index in [1.165, 1.54) is 11.1 Å². The summed E-state index contributed by atoms with van der Waals surface area (Å²) in [6.07, 6.45) is 2.24. The van der Waals surface area contributed by atoms with Crippen LogP contribution in [0.3, 0.4) is 0 Å². The third kappa shape index (κ3) is 2.38. The number of para-hydroxylation sites is 1. The largest absolute Gasteiger partial charge is 0.368 e. The second-order valence-corrected chi connectivity index (χ2v) is 2.89. The van der Waals surface area contributed by atoms with E-state index >= 15 is 0 Å². The summed E-state index contributed by atoms with van der Waals surface area (Å²) in [6.45, 7) is 4.60. The van der Waals surface area contributed by atoms with E-state index in [-0.39, 0.29) is 0 Å². The molecule has 1 aromatic carbocycles. The fourth-order valence-electron chi connectivity index (χ4n) is 1.26. The Hall–Kier alpha value is -1.69. The van der Waals surface area contributed by atoms with E-state index in [4.69, 9.17) is 5.73 Å². The highest BCUT2D eigenvalue weighted by atomic mass is 15.0. The van der Waals surface area contributed by atoms with Gasteiger partial charge in [-0.05, 0) is 25.0 Å². The van der Waals surface area contributed by atoms with E-state index < -0.39 is 0 Å². The summed E-state index contributed by atoms with van der Waals surface area (Å²) in [5.74, 6) is 0. The van der Waals surface area contributed by atoms with Gasteiger partial charge in [0.15, 0.2) is 0 Å². The van der Waals surface area contributed by atoms with Gasteiger partial charge in [-0.2, -0.15) is 4.85 Å². The predicted molar refractivity (Wildman–Crippen MR) is 55.8 cm³/mol. The molecule has 1 aromatic rings.